The summed E-state index contributed by atoms with van der Waals surface area (Å²) in [6, 6.07) is 14.2. The van der Waals surface area contributed by atoms with Crippen LogP contribution in [0.3, 0.4) is 0 Å². The number of nitrogens with zero attached hydrogens (tertiary/aromatic N) is 4. The summed E-state index contributed by atoms with van der Waals surface area (Å²) >= 11 is 0. The second-order valence-electron chi connectivity index (χ2n) is 7.14. The molecule has 0 aliphatic rings. The van der Waals surface area contributed by atoms with Crippen LogP contribution in [0.5, 0.6) is 0 Å². The molecule has 2 unspecified atom stereocenters. The average molecular weight is 426 g/mol. The molecular weight excluding hydrogens is 406 g/mol. The molecular formula is C22H20F2N4O3. The van der Waals surface area contributed by atoms with Gasteiger partial charge in [-0.05, 0) is 13.0 Å². The van der Waals surface area contributed by atoms with Gasteiger partial charge in [-0.3, -0.25) is 0 Å². The second-order valence-corrected chi connectivity index (χ2v) is 7.14. The van der Waals surface area contributed by atoms with Gasteiger partial charge in [-0.1, -0.05) is 41.6 Å². The van der Waals surface area contributed by atoms with Gasteiger partial charge in [0.05, 0.1) is 12.6 Å². The maximum Gasteiger partial charge on any atom is 0.163 e. The fraction of sp³-hybridized carbons (Fsp3) is 0.227. The van der Waals surface area contributed by atoms with Gasteiger partial charge in [-0.15, -0.1) is 0 Å². The third-order valence-corrected chi connectivity index (χ3v) is 5.04. The lowest BCUT2D eigenvalue weighted by Gasteiger charge is -2.34. The first-order chi connectivity index (χ1) is 15.0. The Balaban J connectivity index is 1.55. The van der Waals surface area contributed by atoms with Gasteiger partial charge in [0.2, 0.25) is 0 Å². The Morgan fingerprint density at radius 1 is 1.16 bits per heavy atom. The lowest BCUT2D eigenvalue weighted by atomic mass is 9.88. The van der Waals surface area contributed by atoms with Crippen molar-refractivity contribution in [3.8, 4) is 11.3 Å². The van der Waals surface area contributed by atoms with Crippen molar-refractivity contribution in [3.63, 3.8) is 0 Å². The summed E-state index contributed by atoms with van der Waals surface area (Å²) in [4.78, 5) is 3.84. The van der Waals surface area contributed by atoms with Crippen molar-refractivity contribution < 1.29 is 23.1 Å². The highest BCUT2D eigenvalue weighted by molar-refractivity contribution is 5.58. The van der Waals surface area contributed by atoms with E-state index in [1.54, 1.807) is 13.0 Å². The molecule has 0 saturated heterocycles. The molecule has 4 aromatic rings. The van der Waals surface area contributed by atoms with Crippen LogP contribution in [-0.2, 0) is 23.5 Å². The molecule has 0 aliphatic carbocycles. The van der Waals surface area contributed by atoms with Crippen molar-refractivity contribution in [1.82, 2.24) is 19.9 Å². The number of rotatable bonds is 8. The highest BCUT2D eigenvalue weighted by Gasteiger charge is 2.40. The zero-order valence-electron chi connectivity index (χ0n) is 16.7. The van der Waals surface area contributed by atoms with Gasteiger partial charge in [0.1, 0.15) is 42.2 Å². The summed E-state index contributed by atoms with van der Waals surface area (Å²) in [5.74, 6) is -1.19. The van der Waals surface area contributed by atoms with E-state index in [9.17, 15) is 13.9 Å². The molecule has 160 valence electrons. The van der Waals surface area contributed by atoms with Gasteiger partial charge < -0.3 is 14.4 Å². The molecule has 2 aromatic heterocycles. The van der Waals surface area contributed by atoms with E-state index in [0.717, 1.165) is 17.7 Å². The number of halogens is 2. The third kappa shape index (κ3) is 4.52. The molecule has 0 radical (unpaired) electrons. The summed E-state index contributed by atoms with van der Waals surface area (Å²) in [6.07, 6.45) is 1.77. The van der Waals surface area contributed by atoms with Crippen LogP contribution >= 0.6 is 0 Å². The van der Waals surface area contributed by atoms with E-state index >= 15 is 0 Å². The van der Waals surface area contributed by atoms with Crippen molar-refractivity contribution in [2.45, 2.75) is 31.8 Å². The fourth-order valence-electron chi connectivity index (χ4n) is 3.31. The zero-order chi connectivity index (χ0) is 21.8. The van der Waals surface area contributed by atoms with Gasteiger partial charge in [0.15, 0.2) is 5.76 Å². The summed E-state index contributed by atoms with van der Waals surface area (Å²) in [6.45, 7) is 1.43. The van der Waals surface area contributed by atoms with Crippen LogP contribution in [0.4, 0.5) is 8.78 Å². The van der Waals surface area contributed by atoms with Crippen LogP contribution < -0.4 is 0 Å². The van der Waals surface area contributed by atoms with Gasteiger partial charge in [-0.25, -0.2) is 18.4 Å². The minimum atomic E-state index is -1.85. The molecule has 7 nitrogen and oxygen atoms in total. The lowest BCUT2D eigenvalue weighted by Crippen LogP contribution is -2.44. The Bertz CT molecular complexity index is 1130. The van der Waals surface area contributed by atoms with Gasteiger partial charge in [0, 0.05) is 23.3 Å². The summed E-state index contributed by atoms with van der Waals surface area (Å²) in [5.41, 5.74) is -0.427. The summed E-state index contributed by atoms with van der Waals surface area (Å²) < 4.78 is 40.5. The monoisotopic (exact) mass is 426 g/mol. The normalized spacial score (nSPS) is 14.3. The molecule has 0 saturated carbocycles. The first kappa shape index (κ1) is 20.8. The number of ether oxygens (including phenoxy) is 1. The Morgan fingerprint density at radius 3 is 2.68 bits per heavy atom. The Labute approximate surface area is 176 Å². The zero-order valence-corrected chi connectivity index (χ0v) is 16.7. The highest BCUT2D eigenvalue weighted by atomic mass is 19.1. The SMILES string of the molecule is CC(OCc1cc(-c2ccccc2)no1)C(O)(Cn1cncn1)c1ccc(F)cc1F. The lowest BCUT2D eigenvalue weighted by molar-refractivity contribution is -0.126. The van der Waals surface area contributed by atoms with E-state index in [4.69, 9.17) is 9.26 Å². The fourth-order valence-corrected chi connectivity index (χ4v) is 3.31. The molecule has 9 heteroatoms. The maximum atomic E-state index is 14.6. The van der Waals surface area contributed by atoms with E-state index in [1.165, 1.54) is 23.4 Å². The smallest absolute Gasteiger partial charge is 0.163 e. The van der Waals surface area contributed by atoms with E-state index in [1.807, 2.05) is 30.3 Å². The van der Waals surface area contributed by atoms with E-state index in [-0.39, 0.29) is 18.7 Å². The second kappa shape index (κ2) is 8.75. The van der Waals surface area contributed by atoms with Crippen molar-refractivity contribution in [2.75, 3.05) is 0 Å². The summed E-state index contributed by atoms with van der Waals surface area (Å²) in [5, 5.41) is 19.4. The Kier molecular flexibility index (Phi) is 5.88. The molecule has 0 aliphatic heterocycles. The number of hydrogen-bond donors (Lipinski definition) is 1. The molecule has 31 heavy (non-hydrogen) atoms. The van der Waals surface area contributed by atoms with Crippen LogP contribution in [0.1, 0.15) is 18.2 Å². The van der Waals surface area contributed by atoms with Crippen molar-refractivity contribution >= 4 is 0 Å². The molecule has 2 aromatic carbocycles. The minimum Gasteiger partial charge on any atom is -0.380 e. The Morgan fingerprint density at radius 2 is 1.97 bits per heavy atom. The van der Waals surface area contributed by atoms with E-state index in [2.05, 4.69) is 15.2 Å². The topological polar surface area (TPSA) is 86.2 Å². The molecule has 1 N–H and O–H groups in total. The predicted molar refractivity (Wildman–Crippen MR) is 106 cm³/mol. The van der Waals surface area contributed by atoms with Crippen molar-refractivity contribution in [3.05, 3.63) is 90.2 Å². The molecule has 0 amide bonds. The standard InChI is InChI=1S/C22H20F2N4O3/c1-15(30-11-18-10-21(27-31-18)16-5-3-2-4-6-16)22(29,12-28-14-25-13-26-28)19-8-7-17(23)9-20(19)24/h2-10,13-15,29H,11-12H2,1H3. The number of benzene rings is 2. The van der Waals surface area contributed by atoms with Gasteiger partial charge in [0.25, 0.3) is 0 Å². The highest BCUT2D eigenvalue weighted by Crippen LogP contribution is 2.32. The van der Waals surface area contributed by atoms with E-state index in [0.29, 0.717) is 11.5 Å². The van der Waals surface area contributed by atoms with Crippen molar-refractivity contribution in [2.24, 2.45) is 0 Å². The van der Waals surface area contributed by atoms with Crippen molar-refractivity contribution in [1.29, 1.82) is 0 Å². The van der Waals surface area contributed by atoms with Crippen LogP contribution in [0.2, 0.25) is 0 Å². The predicted octanol–water partition coefficient (Wildman–Crippen LogP) is 3.70. The first-order valence-electron chi connectivity index (χ1n) is 9.58. The quantitative estimate of drug-likeness (QED) is 0.462. The third-order valence-electron chi connectivity index (χ3n) is 5.04. The van der Waals surface area contributed by atoms with Crippen LogP contribution in [0, 0.1) is 11.6 Å². The van der Waals surface area contributed by atoms with Gasteiger partial charge >= 0.3 is 0 Å². The van der Waals surface area contributed by atoms with Crippen LogP contribution in [0.15, 0.2) is 71.8 Å². The largest absolute Gasteiger partial charge is 0.380 e. The van der Waals surface area contributed by atoms with Gasteiger partial charge in [-0.2, -0.15) is 5.10 Å². The molecule has 4 rings (SSSR count). The summed E-state index contributed by atoms with van der Waals surface area (Å²) in [7, 11) is 0. The van der Waals surface area contributed by atoms with Crippen LogP contribution in [0.25, 0.3) is 11.3 Å². The molecule has 2 atom stereocenters. The minimum absolute atomic E-state index is 0.0104. The molecule has 2 heterocycles. The maximum absolute atomic E-state index is 14.6. The number of aliphatic hydroxyl groups is 1. The molecule has 0 bridgehead atoms. The first-order valence-corrected chi connectivity index (χ1v) is 9.58. The van der Waals surface area contributed by atoms with Crippen LogP contribution in [-0.4, -0.2) is 31.1 Å². The molecule has 0 fully saturated rings. The molecule has 0 spiro atoms. The number of aromatic nitrogens is 4. The van der Waals surface area contributed by atoms with E-state index < -0.39 is 23.3 Å². The Hall–Kier alpha value is -3.43. The average Bonchev–Trinajstić information content (AvgIpc) is 3.44. The number of hydrogen-bond acceptors (Lipinski definition) is 6.